The van der Waals surface area contributed by atoms with Crippen molar-refractivity contribution in [1.29, 1.82) is 0 Å². The molecule has 0 rings (SSSR count). The van der Waals surface area contributed by atoms with Crippen molar-refractivity contribution in [1.82, 2.24) is 5.73 Å². The van der Waals surface area contributed by atoms with Crippen molar-refractivity contribution >= 4 is 16.0 Å². The first-order valence-corrected chi connectivity index (χ1v) is 3.22. The van der Waals surface area contributed by atoms with Gasteiger partial charge in [-0.25, -0.2) is 0 Å². The zero-order valence-corrected chi connectivity index (χ0v) is 5.10. The summed E-state index contributed by atoms with van der Waals surface area (Å²) in [6, 6.07) is 0. The summed E-state index contributed by atoms with van der Waals surface area (Å²) in [6.07, 6.45) is 0. The van der Waals surface area contributed by atoms with Crippen LogP contribution in [0.25, 0.3) is 0 Å². The molecule has 0 spiro atoms. The van der Waals surface area contributed by atoms with Crippen molar-refractivity contribution in [2.24, 2.45) is 0 Å². The van der Waals surface area contributed by atoms with Gasteiger partial charge in [-0.3, -0.25) is 15.1 Å². The van der Waals surface area contributed by atoms with E-state index < -0.39 is 20.9 Å². The molecule has 0 aliphatic rings. The molecule has 0 heterocycles. The minimum absolute atomic E-state index is 1.11. The number of carbonyl (C=O) groups excluding carboxylic acids is 1. The van der Waals surface area contributed by atoms with Gasteiger partial charge in [0.1, 0.15) is 0 Å². The van der Waals surface area contributed by atoms with Gasteiger partial charge in [0.15, 0.2) is 4.91 Å². The van der Waals surface area contributed by atoms with Gasteiger partial charge in [-0.05, 0) is 0 Å². The third-order valence-corrected chi connectivity index (χ3v) is 1.37. The van der Waals surface area contributed by atoms with Gasteiger partial charge in [0.2, 0.25) is 0 Å². The zero-order chi connectivity index (χ0) is 7.65. The number of carbonyl (C=O) groups is 1. The van der Waals surface area contributed by atoms with Gasteiger partial charge in [-0.2, -0.15) is 8.42 Å². The number of hydrogen-bond acceptors (Lipinski definition) is 3. The monoisotopic (exact) mass is 150 g/mol. The normalized spacial score (nSPS) is 10.8. The maximum absolute atomic E-state index is 9.89. The molecule has 0 saturated carbocycles. The van der Waals surface area contributed by atoms with Gasteiger partial charge in [0, 0.05) is 0 Å². The average molecular weight is 150 g/mol. The van der Waals surface area contributed by atoms with Crippen LogP contribution in [0.4, 0.5) is 0 Å². The third-order valence-electron chi connectivity index (χ3n) is 0.565. The molecule has 0 fully saturated rings. The molecule has 0 aromatic heterocycles. The van der Waals surface area contributed by atoms with Crippen LogP contribution >= 0.6 is 0 Å². The lowest BCUT2D eigenvalue weighted by Gasteiger charge is -1.90. The van der Waals surface area contributed by atoms with Crippen molar-refractivity contribution in [3.63, 3.8) is 0 Å². The third kappa shape index (κ3) is 2.24. The molecular weight excluding hydrogens is 146 g/mol. The van der Waals surface area contributed by atoms with Crippen molar-refractivity contribution < 1.29 is 17.8 Å². The van der Waals surface area contributed by atoms with E-state index in [2.05, 4.69) is 6.58 Å². The summed E-state index contributed by atoms with van der Waals surface area (Å²) >= 11 is 0. The Morgan fingerprint density at radius 2 is 1.89 bits per heavy atom. The Labute approximate surface area is 51.9 Å². The minimum Gasteiger partial charge on any atom is -0.282 e. The molecular formula is C3H4NO4S. The molecule has 51 valence electrons. The lowest BCUT2D eigenvalue weighted by atomic mass is 10.6. The van der Waals surface area contributed by atoms with E-state index in [0.29, 0.717) is 0 Å². The molecule has 0 aliphatic carbocycles. The second-order valence-corrected chi connectivity index (χ2v) is 2.67. The molecule has 1 amide bonds. The molecule has 0 aromatic carbocycles. The molecule has 0 unspecified atom stereocenters. The summed E-state index contributed by atoms with van der Waals surface area (Å²) in [5.41, 5.74) is 6.16. The van der Waals surface area contributed by atoms with Gasteiger partial charge in [-0.1, -0.05) is 6.58 Å². The summed E-state index contributed by atoms with van der Waals surface area (Å²) in [6.45, 7) is 2.65. The number of rotatable bonds is 2. The molecule has 0 atom stereocenters. The first-order chi connectivity index (χ1) is 3.85. The van der Waals surface area contributed by atoms with Crippen LogP contribution in [0.2, 0.25) is 0 Å². The molecule has 2 N–H and O–H groups in total. The fourth-order valence-corrected chi connectivity index (χ4v) is 0.351. The van der Waals surface area contributed by atoms with Crippen molar-refractivity contribution in [2.45, 2.75) is 0 Å². The fraction of sp³-hybridized carbons (Fsp3) is 0. The molecule has 9 heavy (non-hydrogen) atoms. The Morgan fingerprint density at radius 3 is 1.89 bits per heavy atom. The topological polar surface area (TPSA) is 95.2 Å². The van der Waals surface area contributed by atoms with E-state index in [-0.39, 0.29) is 0 Å². The highest BCUT2D eigenvalue weighted by Crippen LogP contribution is 1.97. The number of hydrogen-bond donors (Lipinski definition) is 1. The van der Waals surface area contributed by atoms with Crippen LogP contribution in [-0.4, -0.2) is 18.9 Å². The second-order valence-electron chi connectivity index (χ2n) is 1.23. The van der Waals surface area contributed by atoms with Crippen LogP contribution in [0.1, 0.15) is 0 Å². The first-order valence-electron chi connectivity index (χ1n) is 1.78. The lowest BCUT2D eigenvalue weighted by molar-refractivity contribution is -0.114. The predicted octanol–water partition coefficient (Wildman–Crippen LogP) is -0.803. The smallest absolute Gasteiger partial charge is 0.282 e. The Balaban J connectivity index is 4.66. The van der Waals surface area contributed by atoms with Gasteiger partial charge in [0.05, 0.1) is 0 Å². The van der Waals surface area contributed by atoms with E-state index in [1.165, 1.54) is 0 Å². The van der Waals surface area contributed by atoms with Crippen LogP contribution in [0, 0.1) is 0 Å². The lowest BCUT2D eigenvalue weighted by Crippen LogP contribution is -2.11. The van der Waals surface area contributed by atoms with Gasteiger partial charge in [-0.15, -0.1) is 0 Å². The van der Waals surface area contributed by atoms with Crippen LogP contribution < -0.4 is 5.73 Å². The zero-order valence-electron chi connectivity index (χ0n) is 4.29. The Morgan fingerprint density at radius 1 is 1.56 bits per heavy atom. The predicted molar refractivity (Wildman–Crippen MR) is 28.8 cm³/mol. The van der Waals surface area contributed by atoms with E-state index >= 15 is 0 Å². The van der Waals surface area contributed by atoms with Crippen molar-refractivity contribution in [2.75, 3.05) is 0 Å². The summed E-state index contributed by atoms with van der Waals surface area (Å²) in [7, 11) is -4.53. The standard InChI is InChI=1S/C3H4NO4S/c1-2(3(4)5)9(6,7)8/h4H,1H2,(H,6,7,8). The largest absolute Gasteiger partial charge is 0.299 e. The van der Waals surface area contributed by atoms with Crippen LogP contribution in [0.5, 0.6) is 0 Å². The number of amides is 1. The maximum atomic E-state index is 9.89. The summed E-state index contributed by atoms with van der Waals surface area (Å²) in [5, 5.41) is 0. The summed E-state index contributed by atoms with van der Waals surface area (Å²) < 4.78 is 27.8. The molecule has 1 radical (unpaired) electrons. The SMILES string of the molecule is C=C(C([NH])=O)S(=O)(=O)O. The Bertz CT molecular complexity index is 239. The highest BCUT2D eigenvalue weighted by Gasteiger charge is 2.16. The minimum atomic E-state index is -4.53. The molecule has 5 nitrogen and oxygen atoms in total. The highest BCUT2D eigenvalue weighted by atomic mass is 32.2. The summed E-state index contributed by atoms with van der Waals surface area (Å²) in [5.74, 6) is -1.50. The number of nitrogens with one attached hydrogen (secondary N) is 1. The average Bonchev–Trinajstić information content (AvgIpc) is 1.62. The summed E-state index contributed by atoms with van der Waals surface area (Å²) in [4.78, 5) is 8.71. The van der Waals surface area contributed by atoms with E-state index in [4.69, 9.17) is 10.3 Å². The fourth-order valence-electron chi connectivity index (χ4n) is 0.117. The Hall–Kier alpha value is -0.880. The molecule has 6 heteroatoms. The van der Waals surface area contributed by atoms with E-state index in [9.17, 15) is 13.2 Å². The van der Waals surface area contributed by atoms with Crippen LogP contribution in [0.3, 0.4) is 0 Å². The molecule has 0 aromatic rings. The van der Waals surface area contributed by atoms with E-state index in [1.807, 2.05) is 0 Å². The van der Waals surface area contributed by atoms with E-state index in [0.717, 1.165) is 0 Å². The van der Waals surface area contributed by atoms with Crippen molar-refractivity contribution in [3.8, 4) is 0 Å². The maximum Gasteiger partial charge on any atom is 0.299 e. The molecule has 0 saturated heterocycles. The van der Waals surface area contributed by atoms with Crippen LogP contribution in [-0.2, 0) is 14.9 Å². The highest BCUT2D eigenvalue weighted by molar-refractivity contribution is 7.90. The van der Waals surface area contributed by atoms with Crippen LogP contribution in [0.15, 0.2) is 11.5 Å². The first kappa shape index (κ1) is 8.12. The molecule has 0 bridgehead atoms. The van der Waals surface area contributed by atoms with Gasteiger partial charge < -0.3 is 0 Å². The Kier molecular flexibility index (Phi) is 1.95. The quantitative estimate of drug-likeness (QED) is 0.411. The van der Waals surface area contributed by atoms with Gasteiger partial charge in [0.25, 0.3) is 16.0 Å². The second kappa shape index (κ2) is 2.16. The molecule has 0 aliphatic heterocycles. The van der Waals surface area contributed by atoms with Gasteiger partial charge >= 0.3 is 0 Å². The van der Waals surface area contributed by atoms with E-state index in [1.54, 1.807) is 0 Å². The van der Waals surface area contributed by atoms with Crippen molar-refractivity contribution in [3.05, 3.63) is 11.5 Å².